The molecule has 0 fully saturated rings. The first-order valence-corrected chi connectivity index (χ1v) is 7.17. The Kier molecular flexibility index (Phi) is 4.86. The van der Waals surface area contributed by atoms with Crippen molar-refractivity contribution >= 4 is 40.7 Å². The topological polar surface area (TPSA) is 17.1 Å². The molecule has 0 atom stereocenters. The average molecular weight is 315 g/mol. The fourth-order valence-electron chi connectivity index (χ4n) is 1.48. The molecule has 2 aromatic carbocycles. The number of carbonyl (C=O) groups excluding carboxylic acids is 1. The predicted molar refractivity (Wildman–Crippen MR) is 77.9 cm³/mol. The van der Waals surface area contributed by atoms with Gasteiger partial charge in [-0.25, -0.2) is 4.39 Å². The van der Waals surface area contributed by atoms with Crippen molar-refractivity contribution in [3.8, 4) is 0 Å². The number of Topliss-reactive ketones (excluding diaryl/α,β-unsaturated/α-hetero) is 1. The lowest BCUT2D eigenvalue weighted by Crippen LogP contribution is -2.02. The van der Waals surface area contributed by atoms with E-state index < -0.39 is 5.82 Å². The normalized spacial score (nSPS) is 10.5. The third-order valence-corrected chi connectivity index (χ3v) is 4.13. The van der Waals surface area contributed by atoms with Crippen molar-refractivity contribution in [2.75, 3.05) is 5.75 Å². The van der Waals surface area contributed by atoms with E-state index in [0.29, 0.717) is 15.6 Å². The van der Waals surface area contributed by atoms with E-state index in [2.05, 4.69) is 0 Å². The lowest BCUT2D eigenvalue weighted by Gasteiger charge is -2.04. The van der Waals surface area contributed by atoms with Gasteiger partial charge < -0.3 is 0 Å². The second kappa shape index (κ2) is 6.42. The monoisotopic (exact) mass is 314 g/mol. The van der Waals surface area contributed by atoms with Crippen LogP contribution in [0.15, 0.2) is 47.4 Å². The summed E-state index contributed by atoms with van der Waals surface area (Å²) in [4.78, 5) is 12.6. The van der Waals surface area contributed by atoms with Crippen LogP contribution in [0.2, 0.25) is 10.0 Å². The summed E-state index contributed by atoms with van der Waals surface area (Å²) in [6, 6.07) is 10.7. The molecule has 0 radical (unpaired) electrons. The summed E-state index contributed by atoms with van der Waals surface area (Å²) in [5, 5.41) is 1.10. The zero-order valence-electron chi connectivity index (χ0n) is 9.70. The van der Waals surface area contributed by atoms with Gasteiger partial charge in [0.05, 0.1) is 10.8 Å². The number of halogens is 3. The molecule has 0 aliphatic rings. The smallest absolute Gasteiger partial charge is 0.173 e. The Morgan fingerprint density at radius 2 is 1.95 bits per heavy atom. The summed E-state index contributed by atoms with van der Waals surface area (Å²) in [7, 11) is 0. The molecule has 1 nitrogen and oxygen atoms in total. The van der Waals surface area contributed by atoms with Gasteiger partial charge in [0.25, 0.3) is 0 Å². The van der Waals surface area contributed by atoms with Crippen LogP contribution in [0.3, 0.4) is 0 Å². The maximum Gasteiger partial charge on any atom is 0.173 e. The van der Waals surface area contributed by atoms with Crippen molar-refractivity contribution in [2.45, 2.75) is 4.90 Å². The zero-order chi connectivity index (χ0) is 13.8. The van der Waals surface area contributed by atoms with Gasteiger partial charge in [0.1, 0.15) is 5.82 Å². The fourth-order valence-corrected chi connectivity index (χ4v) is 2.86. The van der Waals surface area contributed by atoms with Crippen LogP contribution in [-0.4, -0.2) is 11.5 Å². The van der Waals surface area contributed by atoms with Crippen LogP contribution < -0.4 is 0 Å². The SMILES string of the molecule is O=C(CSc1cc(Cl)ccc1Cl)c1cccc(F)c1. The number of hydrogen-bond donors (Lipinski definition) is 0. The van der Waals surface area contributed by atoms with Crippen LogP contribution >= 0.6 is 35.0 Å². The van der Waals surface area contributed by atoms with Crippen LogP contribution in [0.25, 0.3) is 0 Å². The molecule has 0 amide bonds. The molecule has 2 rings (SSSR count). The number of thioether (sulfide) groups is 1. The minimum atomic E-state index is -0.420. The van der Waals surface area contributed by atoms with Crippen LogP contribution in [0.1, 0.15) is 10.4 Å². The van der Waals surface area contributed by atoms with Gasteiger partial charge >= 0.3 is 0 Å². The highest BCUT2D eigenvalue weighted by atomic mass is 35.5. The van der Waals surface area contributed by atoms with Crippen molar-refractivity contribution in [2.24, 2.45) is 0 Å². The molecule has 19 heavy (non-hydrogen) atoms. The molecule has 0 heterocycles. The van der Waals surface area contributed by atoms with E-state index in [-0.39, 0.29) is 11.5 Å². The van der Waals surface area contributed by atoms with E-state index in [1.807, 2.05) is 0 Å². The average Bonchev–Trinajstić information content (AvgIpc) is 2.39. The highest BCUT2D eigenvalue weighted by Crippen LogP contribution is 2.30. The van der Waals surface area contributed by atoms with Crippen molar-refractivity contribution in [3.63, 3.8) is 0 Å². The fraction of sp³-hybridized carbons (Fsp3) is 0.0714. The number of carbonyl (C=O) groups is 1. The minimum Gasteiger partial charge on any atom is -0.293 e. The van der Waals surface area contributed by atoms with E-state index in [1.165, 1.54) is 30.0 Å². The molecule has 2 aromatic rings. The molecule has 0 aliphatic carbocycles. The van der Waals surface area contributed by atoms with Crippen LogP contribution in [0.5, 0.6) is 0 Å². The molecular formula is C14H9Cl2FOS. The van der Waals surface area contributed by atoms with E-state index in [9.17, 15) is 9.18 Å². The molecule has 0 N–H and O–H groups in total. The van der Waals surface area contributed by atoms with Crippen molar-refractivity contribution in [1.82, 2.24) is 0 Å². The molecule has 0 aromatic heterocycles. The van der Waals surface area contributed by atoms with Crippen LogP contribution in [0.4, 0.5) is 4.39 Å². The number of ketones is 1. The first-order chi connectivity index (χ1) is 9.06. The van der Waals surface area contributed by atoms with Crippen molar-refractivity contribution < 1.29 is 9.18 Å². The number of benzene rings is 2. The molecule has 0 aliphatic heterocycles. The molecule has 0 bridgehead atoms. The van der Waals surface area contributed by atoms with Crippen molar-refractivity contribution in [3.05, 3.63) is 63.9 Å². The van der Waals surface area contributed by atoms with Crippen molar-refractivity contribution in [1.29, 1.82) is 0 Å². The second-order valence-electron chi connectivity index (χ2n) is 3.80. The maximum atomic E-state index is 13.0. The maximum absolute atomic E-state index is 13.0. The quantitative estimate of drug-likeness (QED) is 0.576. The molecule has 5 heteroatoms. The summed E-state index contributed by atoms with van der Waals surface area (Å²) in [6.07, 6.45) is 0. The number of hydrogen-bond acceptors (Lipinski definition) is 2. The summed E-state index contributed by atoms with van der Waals surface area (Å²) < 4.78 is 13.0. The van der Waals surface area contributed by atoms with Gasteiger partial charge in [-0.3, -0.25) is 4.79 Å². The first kappa shape index (κ1) is 14.4. The zero-order valence-corrected chi connectivity index (χ0v) is 12.0. The Morgan fingerprint density at radius 1 is 1.16 bits per heavy atom. The number of rotatable bonds is 4. The van der Waals surface area contributed by atoms with Gasteiger partial charge in [0, 0.05) is 15.5 Å². The van der Waals surface area contributed by atoms with Gasteiger partial charge in [-0.1, -0.05) is 35.3 Å². The highest BCUT2D eigenvalue weighted by Gasteiger charge is 2.09. The Labute approximate surface area is 124 Å². The minimum absolute atomic E-state index is 0.152. The Hall–Kier alpha value is -1.03. The summed E-state index contributed by atoms with van der Waals surface area (Å²) in [6.45, 7) is 0. The molecule has 0 saturated heterocycles. The van der Waals surface area contributed by atoms with Gasteiger partial charge in [-0.05, 0) is 30.3 Å². The second-order valence-corrected chi connectivity index (χ2v) is 5.66. The molecule has 0 spiro atoms. The third kappa shape index (κ3) is 3.96. The van der Waals surface area contributed by atoms with E-state index in [0.717, 1.165) is 4.90 Å². The van der Waals surface area contributed by atoms with Gasteiger partial charge in [-0.15, -0.1) is 11.8 Å². The summed E-state index contributed by atoms with van der Waals surface area (Å²) >= 11 is 13.1. The van der Waals surface area contributed by atoms with E-state index in [1.54, 1.807) is 24.3 Å². The van der Waals surface area contributed by atoms with E-state index in [4.69, 9.17) is 23.2 Å². The van der Waals surface area contributed by atoms with Crippen LogP contribution in [-0.2, 0) is 0 Å². The largest absolute Gasteiger partial charge is 0.293 e. The lowest BCUT2D eigenvalue weighted by molar-refractivity contribution is 0.102. The lowest BCUT2D eigenvalue weighted by atomic mass is 10.1. The molecule has 0 saturated carbocycles. The Balaban J connectivity index is 2.06. The molecular weight excluding hydrogens is 306 g/mol. The Bertz CT molecular complexity index is 616. The van der Waals surface area contributed by atoms with E-state index >= 15 is 0 Å². The summed E-state index contributed by atoms with van der Waals surface area (Å²) in [5.74, 6) is -0.388. The predicted octanol–water partition coefficient (Wildman–Crippen LogP) is 5.11. The first-order valence-electron chi connectivity index (χ1n) is 5.43. The standard InChI is InChI=1S/C14H9Cl2FOS/c15-10-4-5-12(16)14(7-10)19-8-13(18)9-2-1-3-11(17)6-9/h1-7H,8H2. The van der Waals surface area contributed by atoms with Gasteiger partial charge in [0.15, 0.2) is 5.78 Å². The van der Waals surface area contributed by atoms with Crippen LogP contribution in [0, 0.1) is 5.82 Å². The Morgan fingerprint density at radius 3 is 2.68 bits per heavy atom. The summed E-state index contributed by atoms with van der Waals surface area (Å²) in [5.41, 5.74) is 0.352. The third-order valence-electron chi connectivity index (χ3n) is 2.40. The molecule has 0 unspecified atom stereocenters. The molecule has 98 valence electrons. The highest BCUT2D eigenvalue weighted by molar-refractivity contribution is 8.00. The van der Waals surface area contributed by atoms with Gasteiger partial charge in [-0.2, -0.15) is 0 Å². The van der Waals surface area contributed by atoms with Gasteiger partial charge in [0.2, 0.25) is 0 Å².